The van der Waals surface area contributed by atoms with Gasteiger partial charge in [-0.15, -0.1) is 0 Å². The Labute approximate surface area is 129 Å². The Morgan fingerprint density at radius 3 is 2.24 bits per heavy atom. The number of nitrogens with zero attached hydrogens (tertiary/aromatic N) is 2. The van der Waals surface area contributed by atoms with E-state index in [2.05, 4.69) is 62.0 Å². The average Bonchev–Trinajstić information content (AvgIpc) is 2.41. The van der Waals surface area contributed by atoms with Gasteiger partial charge in [0.1, 0.15) is 0 Å². The van der Waals surface area contributed by atoms with Crippen LogP contribution in [-0.2, 0) is 0 Å². The van der Waals surface area contributed by atoms with Crippen molar-refractivity contribution in [3.8, 4) is 0 Å². The Morgan fingerprint density at radius 2 is 1.76 bits per heavy atom. The molecule has 1 rings (SSSR count). The molecule has 4 nitrogen and oxygen atoms in total. The van der Waals surface area contributed by atoms with Crippen LogP contribution in [0.5, 0.6) is 0 Å². The monoisotopic (exact) mass is 290 g/mol. The summed E-state index contributed by atoms with van der Waals surface area (Å²) in [6.07, 6.45) is 0.587. The maximum absolute atomic E-state index is 7.71. The summed E-state index contributed by atoms with van der Waals surface area (Å²) in [6.45, 7) is 7.48. The van der Waals surface area contributed by atoms with Crippen LogP contribution in [0.4, 0.5) is 0 Å². The van der Waals surface area contributed by atoms with E-state index in [1.807, 2.05) is 6.07 Å². The van der Waals surface area contributed by atoms with Gasteiger partial charge in [0.25, 0.3) is 0 Å². The summed E-state index contributed by atoms with van der Waals surface area (Å²) >= 11 is 0. The van der Waals surface area contributed by atoms with E-state index in [0.717, 1.165) is 19.6 Å². The second-order valence-electron chi connectivity index (χ2n) is 6.35. The predicted octanol–water partition coefficient (Wildman–Crippen LogP) is 2.57. The zero-order chi connectivity index (χ0) is 15.8. The zero-order valence-electron chi connectivity index (χ0n) is 13.8. The lowest BCUT2D eigenvalue weighted by Crippen LogP contribution is -2.38. The lowest BCUT2D eigenvalue weighted by molar-refractivity contribution is 0.163. The summed E-state index contributed by atoms with van der Waals surface area (Å²) in [5, 5.41) is 7.71. The number of benzene rings is 1. The fraction of sp³-hybridized carbons (Fsp3) is 0.588. The second kappa shape index (κ2) is 8.80. The first kappa shape index (κ1) is 17.7. The zero-order valence-corrected chi connectivity index (χ0v) is 13.8. The Balaban J connectivity index is 2.95. The van der Waals surface area contributed by atoms with Crippen LogP contribution in [0, 0.1) is 11.3 Å². The number of nitrogens with two attached hydrogens (primary N) is 1. The molecule has 0 heterocycles. The van der Waals surface area contributed by atoms with E-state index in [-0.39, 0.29) is 11.9 Å². The Hall–Kier alpha value is -1.39. The highest BCUT2D eigenvalue weighted by atomic mass is 15.2. The normalized spacial score (nSPS) is 13.1. The van der Waals surface area contributed by atoms with E-state index in [1.54, 1.807) is 0 Å². The molecule has 1 aromatic carbocycles. The fourth-order valence-electron chi connectivity index (χ4n) is 2.51. The summed E-state index contributed by atoms with van der Waals surface area (Å²) in [4.78, 5) is 4.66. The summed E-state index contributed by atoms with van der Waals surface area (Å²) in [7, 11) is 4.19. The maximum Gasteiger partial charge on any atom is 0.0924 e. The minimum Gasteiger partial charge on any atom is -0.388 e. The van der Waals surface area contributed by atoms with Gasteiger partial charge in [0.15, 0.2) is 0 Å². The van der Waals surface area contributed by atoms with Crippen LogP contribution in [0.25, 0.3) is 0 Å². The fourth-order valence-corrected chi connectivity index (χ4v) is 2.51. The highest BCUT2D eigenvalue weighted by Crippen LogP contribution is 2.25. The van der Waals surface area contributed by atoms with Gasteiger partial charge in [0, 0.05) is 32.1 Å². The van der Waals surface area contributed by atoms with E-state index in [0.29, 0.717) is 12.3 Å². The number of amidine groups is 1. The molecule has 0 bridgehead atoms. The van der Waals surface area contributed by atoms with Gasteiger partial charge in [-0.25, -0.2) is 0 Å². The van der Waals surface area contributed by atoms with Gasteiger partial charge in [0.05, 0.1) is 5.84 Å². The van der Waals surface area contributed by atoms with Gasteiger partial charge >= 0.3 is 0 Å². The number of nitrogens with one attached hydrogen (secondary N) is 1. The molecule has 118 valence electrons. The van der Waals surface area contributed by atoms with Crippen molar-refractivity contribution in [2.45, 2.75) is 26.3 Å². The highest BCUT2D eigenvalue weighted by molar-refractivity contribution is 5.77. The van der Waals surface area contributed by atoms with Crippen molar-refractivity contribution < 1.29 is 0 Å². The number of hydrogen-bond donors (Lipinski definition) is 2. The molecule has 21 heavy (non-hydrogen) atoms. The van der Waals surface area contributed by atoms with Gasteiger partial charge in [0.2, 0.25) is 0 Å². The Bertz CT molecular complexity index is 414. The first-order valence-corrected chi connectivity index (χ1v) is 7.66. The molecule has 0 aliphatic rings. The number of rotatable bonds is 9. The SMILES string of the molecule is CC(C)CN(CCN(C)C)C(CC(=N)N)c1ccccc1. The van der Waals surface area contributed by atoms with E-state index in [1.165, 1.54) is 5.56 Å². The van der Waals surface area contributed by atoms with E-state index >= 15 is 0 Å². The highest BCUT2D eigenvalue weighted by Gasteiger charge is 2.22. The molecular formula is C17H30N4. The van der Waals surface area contributed by atoms with Crippen LogP contribution in [0.3, 0.4) is 0 Å². The van der Waals surface area contributed by atoms with Crippen molar-refractivity contribution in [3.05, 3.63) is 35.9 Å². The molecule has 0 aromatic heterocycles. The van der Waals surface area contributed by atoms with Gasteiger partial charge in [-0.1, -0.05) is 44.2 Å². The third-order valence-corrected chi connectivity index (χ3v) is 3.47. The molecule has 0 fully saturated rings. The smallest absolute Gasteiger partial charge is 0.0924 e. The van der Waals surface area contributed by atoms with Crippen LogP contribution in [0.1, 0.15) is 31.9 Å². The molecule has 4 heteroatoms. The van der Waals surface area contributed by atoms with Crippen molar-refractivity contribution in [2.24, 2.45) is 11.7 Å². The van der Waals surface area contributed by atoms with Crippen LogP contribution in [0.2, 0.25) is 0 Å². The molecule has 0 radical (unpaired) electrons. The topological polar surface area (TPSA) is 56.4 Å². The average molecular weight is 290 g/mol. The summed E-state index contributed by atoms with van der Waals surface area (Å²) in [6, 6.07) is 10.6. The molecule has 0 saturated heterocycles. The van der Waals surface area contributed by atoms with Crippen LogP contribution in [0.15, 0.2) is 30.3 Å². The van der Waals surface area contributed by atoms with E-state index in [4.69, 9.17) is 11.1 Å². The first-order valence-electron chi connectivity index (χ1n) is 7.66. The first-order chi connectivity index (χ1) is 9.90. The Morgan fingerprint density at radius 1 is 1.14 bits per heavy atom. The standard InChI is InChI=1S/C17H30N4/c1-14(2)13-21(11-10-20(3)4)16(12-17(18)19)15-8-6-5-7-9-15/h5-9,14,16H,10-13H2,1-4H3,(H3,18,19). The summed E-state index contributed by atoms with van der Waals surface area (Å²) in [5.41, 5.74) is 6.94. The molecule has 0 spiro atoms. The molecular weight excluding hydrogens is 260 g/mol. The van der Waals surface area contributed by atoms with Gasteiger partial charge in [-0.3, -0.25) is 10.3 Å². The molecule has 0 aliphatic heterocycles. The minimum atomic E-state index is 0.186. The Kier molecular flexibility index (Phi) is 7.40. The van der Waals surface area contributed by atoms with E-state index in [9.17, 15) is 0 Å². The molecule has 1 unspecified atom stereocenters. The van der Waals surface area contributed by atoms with Crippen molar-refractivity contribution in [2.75, 3.05) is 33.7 Å². The molecule has 3 N–H and O–H groups in total. The lowest BCUT2D eigenvalue weighted by Gasteiger charge is -2.34. The van der Waals surface area contributed by atoms with Crippen molar-refractivity contribution in [1.82, 2.24) is 9.80 Å². The van der Waals surface area contributed by atoms with Crippen LogP contribution in [-0.4, -0.2) is 49.4 Å². The maximum atomic E-state index is 7.71. The molecule has 0 saturated carbocycles. The quantitative estimate of drug-likeness (QED) is 0.543. The van der Waals surface area contributed by atoms with Crippen molar-refractivity contribution in [1.29, 1.82) is 5.41 Å². The van der Waals surface area contributed by atoms with Crippen molar-refractivity contribution >= 4 is 5.84 Å². The molecule has 1 atom stereocenters. The van der Waals surface area contributed by atoms with Crippen molar-refractivity contribution in [3.63, 3.8) is 0 Å². The van der Waals surface area contributed by atoms with Gasteiger partial charge < -0.3 is 10.6 Å². The molecule has 0 amide bonds. The molecule has 0 aliphatic carbocycles. The molecule has 1 aromatic rings. The number of hydrogen-bond acceptors (Lipinski definition) is 3. The minimum absolute atomic E-state index is 0.186. The third-order valence-electron chi connectivity index (χ3n) is 3.47. The van der Waals surface area contributed by atoms with Gasteiger partial charge in [-0.05, 0) is 25.6 Å². The van der Waals surface area contributed by atoms with Crippen LogP contribution >= 0.6 is 0 Å². The van der Waals surface area contributed by atoms with Gasteiger partial charge in [-0.2, -0.15) is 0 Å². The summed E-state index contributed by atoms with van der Waals surface area (Å²) < 4.78 is 0. The second-order valence-corrected chi connectivity index (χ2v) is 6.35. The third kappa shape index (κ3) is 6.74. The predicted molar refractivity (Wildman–Crippen MR) is 90.7 cm³/mol. The number of likely N-dealkylation sites (N-methyl/N-ethyl adjacent to an activating group) is 1. The lowest BCUT2D eigenvalue weighted by atomic mass is 10.00. The van der Waals surface area contributed by atoms with Crippen LogP contribution < -0.4 is 5.73 Å². The largest absolute Gasteiger partial charge is 0.388 e. The summed E-state index contributed by atoms with van der Waals surface area (Å²) in [5.74, 6) is 0.841. The van der Waals surface area contributed by atoms with E-state index < -0.39 is 0 Å².